The number of aliphatic hydroxyl groups is 1. The fraction of sp³-hybridized carbons (Fsp3) is 0.286. The predicted octanol–water partition coefficient (Wildman–Crippen LogP) is 5.05. The number of benzene rings is 2. The average molecular weight is 537 g/mol. The van der Waals surface area contributed by atoms with Crippen LogP contribution >= 0.6 is 11.3 Å². The number of nitrogens with zero attached hydrogens (tertiary/aromatic N) is 2. The number of hydrogen-bond donors (Lipinski definition) is 1. The zero-order valence-corrected chi connectivity index (χ0v) is 22.3. The van der Waals surface area contributed by atoms with Gasteiger partial charge in [0.05, 0.1) is 37.6 Å². The summed E-state index contributed by atoms with van der Waals surface area (Å²) in [4.78, 5) is 44.9. The first-order chi connectivity index (χ1) is 18.3. The van der Waals surface area contributed by atoms with Crippen LogP contribution in [-0.2, 0) is 14.3 Å². The highest BCUT2D eigenvalue weighted by Crippen LogP contribution is 2.44. The van der Waals surface area contributed by atoms with Gasteiger partial charge in [-0.3, -0.25) is 14.5 Å². The molecule has 1 N–H and O–H groups in total. The third-order valence-corrected chi connectivity index (χ3v) is 7.03. The van der Waals surface area contributed by atoms with Crippen molar-refractivity contribution in [2.75, 3.05) is 25.2 Å². The number of methoxy groups -OCH3 is 1. The van der Waals surface area contributed by atoms with Crippen molar-refractivity contribution < 1.29 is 33.7 Å². The number of ketones is 1. The minimum atomic E-state index is -1.01. The molecule has 2 aromatic carbocycles. The van der Waals surface area contributed by atoms with Crippen molar-refractivity contribution in [2.45, 2.75) is 33.2 Å². The number of carbonyl (C=O) groups is 3. The molecule has 0 aliphatic carbocycles. The van der Waals surface area contributed by atoms with Crippen molar-refractivity contribution in [2.24, 2.45) is 0 Å². The monoisotopic (exact) mass is 536 g/mol. The summed E-state index contributed by atoms with van der Waals surface area (Å²) < 4.78 is 16.1. The minimum Gasteiger partial charge on any atom is -0.507 e. The molecular weight excluding hydrogens is 508 g/mol. The van der Waals surface area contributed by atoms with Crippen molar-refractivity contribution >= 4 is 39.9 Å². The smallest absolute Gasteiger partial charge is 0.350 e. The van der Waals surface area contributed by atoms with Gasteiger partial charge in [-0.2, -0.15) is 0 Å². The number of anilines is 1. The van der Waals surface area contributed by atoms with Crippen LogP contribution in [0.15, 0.2) is 54.1 Å². The summed E-state index contributed by atoms with van der Waals surface area (Å²) in [5, 5.41) is 11.5. The van der Waals surface area contributed by atoms with Crippen molar-refractivity contribution in [3.63, 3.8) is 0 Å². The van der Waals surface area contributed by atoms with Crippen LogP contribution < -0.4 is 14.4 Å². The van der Waals surface area contributed by atoms with Gasteiger partial charge in [0.25, 0.3) is 5.78 Å². The van der Waals surface area contributed by atoms with E-state index in [1.807, 2.05) is 13.8 Å². The predicted molar refractivity (Wildman–Crippen MR) is 143 cm³/mol. The number of esters is 1. The second-order valence-electron chi connectivity index (χ2n) is 8.45. The maximum atomic E-state index is 13.4. The molecule has 0 saturated carbocycles. The van der Waals surface area contributed by atoms with E-state index in [0.29, 0.717) is 41.5 Å². The van der Waals surface area contributed by atoms with Gasteiger partial charge in [0, 0.05) is 5.56 Å². The van der Waals surface area contributed by atoms with Crippen LogP contribution in [0, 0.1) is 6.92 Å². The topological polar surface area (TPSA) is 115 Å². The summed E-state index contributed by atoms with van der Waals surface area (Å²) in [7, 11) is 1.26. The Morgan fingerprint density at radius 3 is 2.47 bits per heavy atom. The van der Waals surface area contributed by atoms with Crippen molar-refractivity contribution in [3.05, 3.63) is 75.8 Å². The number of carbonyl (C=O) groups excluding carboxylic acids is 3. The minimum absolute atomic E-state index is 0.0988. The molecule has 1 fully saturated rings. The summed E-state index contributed by atoms with van der Waals surface area (Å²) in [5.41, 5.74) is 1.15. The van der Waals surface area contributed by atoms with Crippen LogP contribution in [0.3, 0.4) is 0 Å². The molecule has 10 heteroatoms. The number of ether oxygens (including phenoxy) is 3. The number of rotatable bonds is 9. The van der Waals surface area contributed by atoms with Gasteiger partial charge in [-0.1, -0.05) is 30.4 Å². The molecule has 1 saturated heterocycles. The highest BCUT2D eigenvalue weighted by atomic mass is 32.1. The molecule has 1 aromatic heterocycles. The van der Waals surface area contributed by atoms with Crippen LogP contribution in [0.1, 0.15) is 52.8 Å². The first kappa shape index (κ1) is 26.9. The molecule has 0 radical (unpaired) electrons. The van der Waals surface area contributed by atoms with Crippen molar-refractivity contribution in [3.8, 4) is 11.5 Å². The Bertz CT molecular complexity index is 1390. The number of aryl methyl sites for hydroxylation is 1. The SMILES string of the molecule is CCCOc1ccc(C(O)=C2C(=O)C(=O)N(c3nc(C)c(C(=O)OC)s3)C2c2cccc(OCC)c2)cc1. The molecule has 198 valence electrons. The molecule has 1 unspecified atom stereocenters. The normalized spacial score (nSPS) is 16.5. The maximum Gasteiger partial charge on any atom is 0.350 e. The maximum absolute atomic E-state index is 13.4. The van der Waals surface area contributed by atoms with E-state index in [9.17, 15) is 19.5 Å². The summed E-state index contributed by atoms with van der Waals surface area (Å²) in [6.07, 6.45) is 0.847. The third-order valence-electron chi connectivity index (χ3n) is 5.89. The van der Waals surface area contributed by atoms with Crippen molar-refractivity contribution in [1.29, 1.82) is 0 Å². The standard InChI is InChI=1S/C28H28N2O7S/c1-5-14-37-19-12-10-17(11-13-19)23(31)21-22(18-8-7-9-20(15-18)36-6-2)30(26(33)24(21)32)28-29-16(3)25(38-28)27(34)35-4/h7-13,15,22,31H,5-6,14H2,1-4H3. The van der Waals surface area contributed by atoms with Crippen LogP contribution in [0.4, 0.5) is 5.13 Å². The van der Waals surface area contributed by atoms with Gasteiger partial charge in [0.1, 0.15) is 22.1 Å². The molecule has 9 nitrogen and oxygen atoms in total. The Kier molecular flexibility index (Phi) is 8.11. The van der Waals surface area contributed by atoms with Gasteiger partial charge in [-0.15, -0.1) is 0 Å². The third kappa shape index (κ3) is 5.12. The van der Waals surface area contributed by atoms with Gasteiger partial charge >= 0.3 is 11.9 Å². The summed E-state index contributed by atoms with van der Waals surface area (Å²) in [5.74, 6) is -1.50. The van der Waals surface area contributed by atoms with E-state index in [1.165, 1.54) is 12.0 Å². The highest BCUT2D eigenvalue weighted by molar-refractivity contribution is 7.17. The Morgan fingerprint density at radius 1 is 1.08 bits per heavy atom. The van der Waals surface area contributed by atoms with Crippen LogP contribution in [0.2, 0.25) is 0 Å². The lowest BCUT2D eigenvalue weighted by molar-refractivity contribution is -0.132. The van der Waals surface area contributed by atoms with Gasteiger partial charge in [0.2, 0.25) is 0 Å². The number of thiazole rings is 1. The Balaban J connectivity index is 1.87. The van der Waals surface area contributed by atoms with Crippen molar-refractivity contribution in [1.82, 2.24) is 4.98 Å². The lowest BCUT2D eigenvalue weighted by Gasteiger charge is -2.23. The molecule has 1 aliphatic rings. The van der Waals surface area contributed by atoms with E-state index >= 15 is 0 Å². The van der Waals surface area contributed by atoms with Gasteiger partial charge < -0.3 is 19.3 Å². The van der Waals surface area contributed by atoms with Crippen LogP contribution in [0.25, 0.3) is 5.76 Å². The second kappa shape index (κ2) is 11.5. The molecule has 1 atom stereocenters. The van der Waals surface area contributed by atoms with Crippen LogP contribution in [-0.4, -0.2) is 48.1 Å². The first-order valence-corrected chi connectivity index (χ1v) is 12.9. The number of amides is 1. The lowest BCUT2D eigenvalue weighted by Crippen LogP contribution is -2.29. The van der Waals surface area contributed by atoms with Gasteiger partial charge in [-0.05, 0) is 62.2 Å². The molecule has 0 bridgehead atoms. The van der Waals surface area contributed by atoms with Crippen LogP contribution in [0.5, 0.6) is 11.5 Å². The van der Waals surface area contributed by atoms with Gasteiger partial charge in [0.15, 0.2) is 5.13 Å². The zero-order chi connectivity index (χ0) is 27.4. The quantitative estimate of drug-likeness (QED) is 0.175. The van der Waals surface area contributed by atoms with E-state index in [1.54, 1.807) is 55.5 Å². The summed E-state index contributed by atoms with van der Waals surface area (Å²) >= 11 is 0.942. The zero-order valence-electron chi connectivity index (χ0n) is 21.5. The first-order valence-electron chi connectivity index (χ1n) is 12.1. The molecular formula is C28H28N2O7S. The van der Waals surface area contributed by atoms with E-state index in [-0.39, 0.29) is 21.3 Å². The fourth-order valence-electron chi connectivity index (χ4n) is 4.14. The Hall–Kier alpha value is -4.18. The number of aliphatic hydroxyl groups excluding tert-OH is 1. The van der Waals surface area contributed by atoms with Gasteiger partial charge in [-0.25, -0.2) is 9.78 Å². The van der Waals surface area contributed by atoms with E-state index in [2.05, 4.69) is 4.98 Å². The Labute approximate surface area is 224 Å². The molecule has 1 aliphatic heterocycles. The van der Waals surface area contributed by atoms with E-state index in [0.717, 1.165) is 17.8 Å². The summed E-state index contributed by atoms with van der Waals surface area (Å²) in [6.45, 7) is 6.44. The molecule has 38 heavy (non-hydrogen) atoms. The van der Waals surface area contributed by atoms with E-state index in [4.69, 9.17) is 14.2 Å². The molecule has 1 amide bonds. The fourth-order valence-corrected chi connectivity index (χ4v) is 5.15. The lowest BCUT2D eigenvalue weighted by atomic mass is 9.95. The summed E-state index contributed by atoms with van der Waals surface area (Å²) in [6, 6.07) is 12.6. The number of Topliss-reactive ketones (excluding diaryl/α,β-unsaturated/α-hetero) is 1. The number of aromatic nitrogens is 1. The molecule has 4 rings (SSSR count). The number of hydrogen-bond acceptors (Lipinski definition) is 9. The average Bonchev–Trinajstić information content (AvgIpc) is 3.43. The molecule has 0 spiro atoms. The second-order valence-corrected chi connectivity index (χ2v) is 9.43. The largest absolute Gasteiger partial charge is 0.507 e. The molecule has 2 heterocycles. The van der Waals surface area contributed by atoms with E-state index < -0.39 is 23.7 Å². The molecule has 3 aromatic rings. The Morgan fingerprint density at radius 2 is 1.82 bits per heavy atom. The highest BCUT2D eigenvalue weighted by Gasteiger charge is 2.48.